The molecule has 4 heteroatoms. The number of hydrogen-bond donors (Lipinski definition) is 0. The average Bonchev–Trinajstić information content (AvgIpc) is 2.31. The Morgan fingerprint density at radius 3 is 2.35 bits per heavy atom. The van der Waals surface area contributed by atoms with Gasteiger partial charge >= 0.3 is 5.97 Å². The zero-order chi connectivity index (χ0) is 12.8. The molecule has 0 fully saturated rings. The summed E-state index contributed by atoms with van der Waals surface area (Å²) in [6, 6.07) is 9.14. The normalized spacial score (nSPS) is 14.4. The molecule has 0 spiro atoms. The van der Waals surface area contributed by atoms with Gasteiger partial charge in [-0.25, -0.2) is 0 Å². The van der Waals surface area contributed by atoms with Crippen LogP contribution in [0.4, 0.5) is 0 Å². The molecule has 2 unspecified atom stereocenters. The summed E-state index contributed by atoms with van der Waals surface area (Å²) in [6.45, 7) is 5.73. The molecule has 1 aromatic rings. The molecule has 0 aliphatic carbocycles. The molecule has 2 atom stereocenters. The lowest BCUT2D eigenvalue weighted by atomic mass is 10.1. The number of ether oxygens (including phenoxy) is 1. The first-order valence-electron chi connectivity index (χ1n) is 5.68. The maximum absolute atomic E-state index is 12.2. The fourth-order valence-electron chi connectivity index (χ4n) is 1.48. The SMILES string of the molecule is CCOC(=O)C(c1ccccc1)S(=O)C(C)C. The van der Waals surface area contributed by atoms with Crippen LogP contribution in [0.5, 0.6) is 0 Å². The van der Waals surface area contributed by atoms with E-state index < -0.39 is 22.0 Å². The van der Waals surface area contributed by atoms with Crippen LogP contribution in [0, 0.1) is 0 Å². The van der Waals surface area contributed by atoms with Crippen LogP contribution in [0.3, 0.4) is 0 Å². The van der Waals surface area contributed by atoms with Gasteiger partial charge in [0.2, 0.25) is 0 Å². The Bertz CT molecular complexity index is 387. The largest absolute Gasteiger partial charge is 0.465 e. The van der Waals surface area contributed by atoms with Crippen molar-refractivity contribution in [3.8, 4) is 0 Å². The van der Waals surface area contributed by atoms with Crippen LogP contribution in [0.1, 0.15) is 31.6 Å². The molecule has 0 saturated carbocycles. The molecule has 0 N–H and O–H groups in total. The van der Waals surface area contributed by atoms with Gasteiger partial charge in [-0.3, -0.25) is 9.00 Å². The predicted molar refractivity (Wildman–Crippen MR) is 69.1 cm³/mol. The lowest BCUT2D eigenvalue weighted by Crippen LogP contribution is -2.24. The molecular formula is C13H18O3S. The van der Waals surface area contributed by atoms with E-state index in [1.54, 1.807) is 6.92 Å². The molecule has 1 rings (SSSR count). The number of benzene rings is 1. The predicted octanol–water partition coefficient (Wildman–Crippen LogP) is 2.45. The first-order chi connectivity index (χ1) is 8.07. The minimum Gasteiger partial charge on any atom is -0.465 e. The van der Waals surface area contributed by atoms with Crippen molar-refractivity contribution in [1.29, 1.82) is 0 Å². The third kappa shape index (κ3) is 3.66. The van der Waals surface area contributed by atoms with Gasteiger partial charge in [-0.2, -0.15) is 0 Å². The topological polar surface area (TPSA) is 43.4 Å². The summed E-state index contributed by atoms with van der Waals surface area (Å²) in [6.07, 6.45) is 0. The monoisotopic (exact) mass is 254 g/mol. The Kier molecular flexibility index (Phi) is 5.35. The quantitative estimate of drug-likeness (QED) is 0.758. The molecular weight excluding hydrogens is 236 g/mol. The Balaban J connectivity index is 3.03. The van der Waals surface area contributed by atoms with Crippen LogP contribution in [0.15, 0.2) is 30.3 Å². The van der Waals surface area contributed by atoms with E-state index >= 15 is 0 Å². The van der Waals surface area contributed by atoms with Gasteiger partial charge < -0.3 is 4.74 Å². The fraction of sp³-hybridized carbons (Fsp3) is 0.462. The van der Waals surface area contributed by atoms with Gasteiger partial charge in [0.1, 0.15) is 0 Å². The third-order valence-electron chi connectivity index (χ3n) is 2.30. The maximum Gasteiger partial charge on any atom is 0.326 e. The second-order valence-electron chi connectivity index (χ2n) is 3.92. The van der Waals surface area contributed by atoms with E-state index in [0.717, 1.165) is 5.56 Å². The van der Waals surface area contributed by atoms with E-state index in [1.165, 1.54) is 0 Å². The molecule has 0 saturated heterocycles. The van der Waals surface area contributed by atoms with Crippen molar-refractivity contribution in [3.05, 3.63) is 35.9 Å². The van der Waals surface area contributed by atoms with E-state index in [4.69, 9.17) is 4.74 Å². The van der Waals surface area contributed by atoms with Crippen molar-refractivity contribution in [2.45, 2.75) is 31.3 Å². The van der Waals surface area contributed by atoms with E-state index in [0.29, 0.717) is 6.61 Å². The van der Waals surface area contributed by atoms with Crippen LogP contribution in [0.25, 0.3) is 0 Å². The number of carbonyl (C=O) groups is 1. The van der Waals surface area contributed by atoms with Crippen molar-refractivity contribution in [2.24, 2.45) is 0 Å². The summed E-state index contributed by atoms with van der Waals surface area (Å²) in [5.74, 6) is -0.411. The van der Waals surface area contributed by atoms with Crippen molar-refractivity contribution in [2.75, 3.05) is 6.61 Å². The number of hydrogen-bond acceptors (Lipinski definition) is 3. The smallest absolute Gasteiger partial charge is 0.326 e. The Morgan fingerprint density at radius 2 is 1.88 bits per heavy atom. The first-order valence-corrected chi connectivity index (χ1v) is 6.96. The first kappa shape index (κ1) is 13.9. The van der Waals surface area contributed by atoms with Gasteiger partial charge in [0, 0.05) is 16.0 Å². The van der Waals surface area contributed by atoms with Crippen LogP contribution in [-0.4, -0.2) is 22.0 Å². The molecule has 0 aliphatic heterocycles. The highest BCUT2D eigenvalue weighted by molar-refractivity contribution is 7.86. The second kappa shape index (κ2) is 6.55. The van der Waals surface area contributed by atoms with Crippen molar-refractivity contribution in [1.82, 2.24) is 0 Å². The van der Waals surface area contributed by atoms with Gasteiger partial charge in [-0.15, -0.1) is 0 Å². The van der Waals surface area contributed by atoms with E-state index in [2.05, 4.69) is 0 Å². The average molecular weight is 254 g/mol. The van der Waals surface area contributed by atoms with Crippen LogP contribution >= 0.6 is 0 Å². The van der Waals surface area contributed by atoms with Gasteiger partial charge in [0.15, 0.2) is 5.25 Å². The van der Waals surface area contributed by atoms with Gasteiger partial charge in [-0.1, -0.05) is 44.2 Å². The summed E-state index contributed by atoms with van der Waals surface area (Å²) < 4.78 is 17.2. The number of carbonyl (C=O) groups excluding carboxylic acids is 1. The van der Waals surface area contributed by atoms with Crippen LogP contribution in [0.2, 0.25) is 0 Å². The molecule has 0 bridgehead atoms. The summed E-state index contributed by atoms with van der Waals surface area (Å²) in [7, 11) is -1.27. The Morgan fingerprint density at radius 1 is 1.29 bits per heavy atom. The van der Waals surface area contributed by atoms with Gasteiger partial charge in [0.05, 0.1) is 6.61 Å². The molecule has 17 heavy (non-hydrogen) atoms. The van der Waals surface area contributed by atoms with E-state index in [1.807, 2.05) is 44.2 Å². The molecule has 0 amide bonds. The fourth-order valence-corrected chi connectivity index (χ4v) is 2.71. The highest BCUT2D eigenvalue weighted by Gasteiger charge is 2.29. The standard InChI is InChI=1S/C13H18O3S/c1-4-16-13(14)12(17(15)10(2)3)11-8-6-5-7-9-11/h5-10,12H,4H2,1-3H3. The highest BCUT2D eigenvalue weighted by atomic mass is 32.2. The summed E-state index contributed by atoms with van der Waals surface area (Å²) in [5, 5.41) is -0.763. The number of esters is 1. The lowest BCUT2D eigenvalue weighted by Gasteiger charge is -2.17. The molecule has 3 nitrogen and oxygen atoms in total. The summed E-state index contributed by atoms with van der Waals surface area (Å²) in [5.41, 5.74) is 0.748. The minimum atomic E-state index is -1.27. The lowest BCUT2D eigenvalue weighted by molar-refractivity contribution is -0.142. The molecule has 0 heterocycles. The molecule has 1 aromatic carbocycles. The van der Waals surface area contributed by atoms with E-state index in [9.17, 15) is 9.00 Å². The Labute approximate surface area is 105 Å². The van der Waals surface area contributed by atoms with E-state index in [-0.39, 0.29) is 5.25 Å². The maximum atomic E-state index is 12.2. The van der Waals surface area contributed by atoms with Crippen LogP contribution in [-0.2, 0) is 20.3 Å². The van der Waals surface area contributed by atoms with Crippen molar-refractivity contribution < 1.29 is 13.7 Å². The summed E-state index contributed by atoms with van der Waals surface area (Å²) in [4.78, 5) is 11.9. The summed E-state index contributed by atoms with van der Waals surface area (Å²) >= 11 is 0. The van der Waals surface area contributed by atoms with Gasteiger partial charge in [0.25, 0.3) is 0 Å². The van der Waals surface area contributed by atoms with Gasteiger partial charge in [-0.05, 0) is 12.5 Å². The zero-order valence-electron chi connectivity index (χ0n) is 10.4. The van der Waals surface area contributed by atoms with Crippen LogP contribution < -0.4 is 0 Å². The van der Waals surface area contributed by atoms with Crippen molar-refractivity contribution in [3.63, 3.8) is 0 Å². The number of rotatable bonds is 5. The molecule has 94 valence electrons. The molecule has 0 aliphatic rings. The second-order valence-corrected chi connectivity index (χ2v) is 5.99. The third-order valence-corrected chi connectivity index (χ3v) is 4.16. The van der Waals surface area contributed by atoms with Crippen molar-refractivity contribution >= 4 is 16.8 Å². The zero-order valence-corrected chi connectivity index (χ0v) is 11.2. The molecule has 0 aromatic heterocycles. The highest BCUT2D eigenvalue weighted by Crippen LogP contribution is 2.24. The Hall–Kier alpha value is -1.16. The molecule has 0 radical (unpaired) electrons. The minimum absolute atomic E-state index is 0.0791.